The Bertz CT molecular complexity index is 639. The lowest BCUT2D eigenvalue weighted by atomic mass is 10.0. The topological polar surface area (TPSA) is 63.4 Å². The van der Waals surface area contributed by atoms with Crippen molar-refractivity contribution in [1.29, 1.82) is 0 Å². The minimum absolute atomic E-state index is 0.315. The van der Waals surface area contributed by atoms with Gasteiger partial charge in [0, 0.05) is 12.6 Å². The molecular formula is C19H28N4O2. The minimum Gasteiger partial charge on any atom is -0.491 e. The van der Waals surface area contributed by atoms with Crippen LogP contribution in [-0.2, 0) is 6.54 Å². The largest absolute Gasteiger partial charge is 0.491 e. The number of benzene rings is 1. The normalized spacial score (nSPS) is 19.7. The van der Waals surface area contributed by atoms with E-state index in [0.29, 0.717) is 19.2 Å². The molecule has 6 heteroatoms. The maximum Gasteiger partial charge on any atom is 0.137 e. The van der Waals surface area contributed by atoms with E-state index in [1.54, 1.807) is 12.7 Å². The van der Waals surface area contributed by atoms with Crippen LogP contribution < -0.4 is 4.74 Å². The Morgan fingerprint density at radius 3 is 2.76 bits per heavy atom. The van der Waals surface area contributed by atoms with Gasteiger partial charge in [-0.2, -0.15) is 5.10 Å². The minimum atomic E-state index is -0.503. The van der Waals surface area contributed by atoms with E-state index >= 15 is 0 Å². The zero-order chi connectivity index (χ0) is 17.6. The number of hydrogen-bond donors (Lipinski definition) is 1. The molecule has 1 aromatic carbocycles. The summed E-state index contributed by atoms with van der Waals surface area (Å²) in [6, 6.07) is 6.53. The molecule has 3 rings (SSSR count). The first-order valence-electron chi connectivity index (χ1n) is 9.06. The van der Waals surface area contributed by atoms with Crippen molar-refractivity contribution in [3.63, 3.8) is 0 Å². The zero-order valence-corrected chi connectivity index (χ0v) is 15.1. The van der Waals surface area contributed by atoms with Gasteiger partial charge in [-0.15, -0.1) is 0 Å². The predicted octanol–water partition coefficient (Wildman–Crippen LogP) is 2.19. The molecule has 1 aliphatic rings. The fourth-order valence-electron chi connectivity index (χ4n) is 3.58. The van der Waals surface area contributed by atoms with E-state index in [1.165, 1.54) is 24.0 Å². The second kappa shape index (κ2) is 8.45. The smallest absolute Gasteiger partial charge is 0.137 e. The van der Waals surface area contributed by atoms with Crippen LogP contribution in [0.3, 0.4) is 0 Å². The van der Waals surface area contributed by atoms with Crippen molar-refractivity contribution in [3.8, 4) is 5.75 Å². The Hall–Kier alpha value is -1.92. The van der Waals surface area contributed by atoms with Crippen molar-refractivity contribution in [2.75, 3.05) is 19.7 Å². The first kappa shape index (κ1) is 17.9. The van der Waals surface area contributed by atoms with Crippen molar-refractivity contribution >= 4 is 0 Å². The number of piperidine rings is 1. The lowest BCUT2D eigenvalue weighted by molar-refractivity contribution is 0.0345. The van der Waals surface area contributed by atoms with Gasteiger partial charge in [-0.05, 0) is 56.5 Å². The number of β-amino-alcohol motifs (C(OH)–C–C–N with tert-alkyl or cyclic N) is 1. The molecule has 2 heterocycles. The molecule has 0 radical (unpaired) electrons. The second-order valence-corrected chi connectivity index (χ2v) is 7.05. The second-order valence-electron chi connectivity index (χ2n) is 7.05. The van der Waals surface area contributed by atoms with Crippen LogP contribution in [0.1, 0.15) is 30.4 Å². The molecule has 0 amide bonds. The maximum absolute atomic E-state index is 10.4. The van der Waals surface area contributed by atoms with E-state index in [4.69, 9.17) is 4.74 Å². The highest BCUT2D eigenvalue weighted by atomic mass is 16.5. The van der Waals surface area contributed by atoms with Crippen LogP contribution in [-0.4, -0.2) is 56.6 Å². The van der Waals surface area contributed by atoms with E-state index in [2.05, 4.69) is 34.9 Å². The number of aliphatic hydroxyl groups is 1. The highest BCUT2D eigenvalue weighted by Gasteiger charge is 2.25. The van der Waals surface area contributed by atoms with Crippen LogP contribution >= 0.6 is 0 Å². The van der Waals surface area contributed by atoms with Gasteiger partial charge in [0.15, 0.2) is 0 Å². The average molecular weight is 344 g/mol. The Morgan fingerprint density at radius 2 is 2.04 bits per heavy atom. The van der Waals surface area contributed by atoms with E-state index in [1.807, 2.05) is 16.8 Å². The summed E-state index contributed by atoms with van der Waals surface area (Å²) >= 11 is 0. The van der Waals surface area contributed by atoms with Crippen molar-refractivity contribution in [2.45, 2.75) is 51.8 Å². The van der Waals surface area contributed by atoms with Gasteiger partial charge >= 0.3 is 0 Å². The molecule has 2 atom stereocenters. The molecule has 1 saturated heterocycles. The number of aromatic nitrogens is 3. The van der Waals surface area contributed by atoms with Gasteiger partial charge in [0.1, 0.15) is 31.1 Å². The quantitative estimate of drug-likeness (QED) is 0.834. The SMILES string of the molecule is Cc1cc(C)cc(OC[C@@H](O)CN2CCCC[C@H]2Cn2cncn2)c1. The fraction of sp³-hybridized carbons (Fsp3) is 0.579. The first-order valence-corrected chi connectivity index (χ1v) is 9.06. The monoisotopic (exact) mass is 344 g/mol. The zero-order valence-electron chi connectivity index (χ0n) is 15.1. The third-order valence-corrected chi connectivity index (χ3v) is 4.70. The van der Waals surface area contributed by atoms with Gasteiger partial charge in [-0.25, -0.2) is 4.98 Å². The van der Waals surface area contributed by atoms with Gasteiger partial charge < -0.3 is 9.84 Å². The summed E-state index contributed by atoms with van der Waals surface area (Å²) in [7, 11) is 0. The molecule has 0 aliphatic carbocycles. The molecule has 0 bridgehead atoms. The van der Waals surface area contributed by atoms with E-state index < -0.39 is 6.10 Å². The van der Waals surface area contributed by atoms with Crippen LogP contribution in [0.15, 0.2) is 30.9 Å². The summed E-state index contributed by atoms with van der Waals surface area (Å²) < 4.78 is 7.68. The van der Waals surface area contributed by atoms with Crippen LogP contribution in [0.4, 0.5) is 0 Å². The van der Waals surface area contributed by atoms with Gasteiger partial charge in [-0.1, -0.05) is 12.5 Å². The highest BCUT2D eigenvalue weighted by molar-refractivity contribution is 5.32. The van der Waals surface area contributed by atoms with Gasteiger partial charge in [0.05, 0.1) is 6.54 Å². The molecule has 0 spiro atoms. The van der Waals surface area contributed by atoms with Crippen molar-refractivity contribution in [3.05, 3.63) is 42.0 Å². The fourth-order valence-corrected chi connectivity index (χ4v) is 3.58. The molecule has 136 valence electrons. The molecule has 1 fully saturated rings. The number of ether oxygens (including phenoxy) is 1. The Balaban J connectivity index is 1.52. The number of likely N-dealkylation sites (tertiary alicyclic amines) is 1. The number of aryl methyl sites for hydroxylation is 2. The highest BCUT2D eigenvalue weighted by Crippen LogP contribution is 2.20. The number of hydrogen-bond acceptors (Lipinski definition) is 5. The molecule has 25 heavy (non-hydrogen) atoms. The lowest BCUT2D eigenvalue weighted by Gasteiger charge is -2.36. The molecule has 6 nitrogen and oxygen atoms in total. The Kier molecular flexibility index (Phi) is 6.04. The predicted molar refractivity (Wildman–Crippen MR) is 96.7 cm³/mol. The van der Waals surface area contributed by atoms with E-state index in [0.717, 1.165) is 25.3 Å². The van der Waals surface area contributed by atoms with Crippen molar-refractivity contribution in [2.24, 2.45) is 0 Å². The Labute approximate surface area is 149 Å². The van der Waals surface area contributed by atoms with Crippen LogP contribution in [0.2, 0.25) is 0 Å². The molecule has 1 aromatic heterocycles. The van der Waals surface area contributed by atoms with Gasteiger partial charge in [0.2, 0.25) is 0 Å². The molecular weight excluding hydrogens is 316 g/mol. The lowest BCUT2D eigenvalue weighted by Crippen LogP contribution is -2.46. The van der Waals surface area contributed by atoms with E-state index in [-0.39, 0.29) is 0 Å². The van der Waals surface area contributed by atoms with E-state index in [9.17, 15) is 5.11 Å². The first-order chi connectivity index (χ1) is 12.1. The third kappa shape index (κ3) is 5.28. The number of rotatable bonds is 7. The summed E-state index contributed by atoms with van der Waals surface area (Å²) in [6.07, 6.45) is 6.36. The maximum atomic E-state index is 10.4. The summed E-state index contributed by atoms with van der Waals surface area (Å²) in [5.41, 5.74) is 2.35. The third-order valence-electron chi connectivity index (χ3n) is 4.70. The standard InChI is InChI=1S/C19H28N4O2/c1-15-7-16(2)9-19(8-15)25-12-18(24)11-22-6-4-3-5-17(22)10-23-14-20-13-21-23/h7-9,13-14,17-18,24H,3-6,10-12H2,1-2H3/t17-,18-/m0/s1. The number of aliphatic hydroxyl groups excluding tert-OH is 1. The molecule has 1 N–H and O–H groups in total. The van der Waals surface area contributed by atoms with Gasteiger partial charge in [0.25, 0.3) is 0 Å². The summed E-state index contributed by atoms with van der Waals surface area (Å²) in [5, 5.41) is 14.7. The molecule has 2 aromatic rings. The van der Waals surface area contributed by atoms with Crippen LogP contribution in [0, 0.1) is 13.8 Å². The Morgan fingerprint density at radius 1 is 1.24 bits per heavy atom. The summed E-state index contributed by atoms with van der Waals surface area (Å²) in [6.45, 7) is 6.89. The van der Waals surface area contributed by atoms with Crippen molar-refractivity contribution in [1.82, 2.24) is 19.7 Å². The van der Waals surface area contributed by atoms with Crippen LogP contribution in [0.5, 0.6) is 5.75 Å². The molecule has 1 aliphatic heterocycles. The summed E-state index contributed by atoms with van der Waals surface area (Å²) in [4.78, 5) is 6.38. The number of nitrogens with zero attached hydrogens (tertiary/aromatic N) is 4. The average Bonchev–Trinajstić information content (AvgIpc) is 3.07. The van der Waals surface area contributed by atoms with Gasteiger partial charge in [-0.3, -0.25) is 9.58 Å². The van der Waals surface area contributed by atoms with Crippen LogP contribution in [0.25, 0.3) is 0 Å². The van der Waals surface area contributed by atoms with Crippen molar-refractivity contribution < 1.29 is 9.84 Å². The summed E-state index contributed by atoms with van der Waals surface area (Å²) in [5.74, 6) is 0.828. The molecule has 0 unspecified atom stereocenters. The molecule has 0 saturated carbocycles.